The van der Waals surface area contributed by atoms with E-state index in [0.29, 0.717) is 18.2 Å². The smallest absolute Gasteiger partial charge is 0.274 e. The van der Waals surface area contributed by atoms with Gasteiger partial charge in [0.15, 0.2) is 0 Å². The summed E-state index contributed by atoms with van der Waals surface area (Å²) in [6, 6.07) is 1.74. The molecule has 2 atom stereocenters. The maximum atomic E-state index is 12.5. The van der Waals surface area contributed by atoms with E-state index >= 15 is 0 Å². The molecule has 1 fully saturated rings. The molecule has 1 aliphatic rings. The first kappa shape index (κ1) is 14.1. The Labute approximate surface area is 114 Å². The number of carbonyl (C=O) groups excluding carboxylic acids is 1. The molecule has 0 aromatic carbocycles. The lowest BCUT2D eigenvalue weighted by Gasteiger charge is -2.37. The molecule has 2 unspecified atom stereocenters. The first-order valence-electron chi connectivity index (χ1n) is 7.05. The number of hydrogen-bond donors (Lipinski definition) is 2. The van der Waals surface area contributed by atoms with Gasteiger partial charge in [-0.3, -0.25) is 9.89 Å². The predicted molar refractivity (Wildman–Crippen MR) is 73.0 cm³/mol. The fraction of sp³-hybridized carbons (Fsp3) is 0.714. The first-order chi connectivity index (χ1) is 9.00. The van der Waals surface area contributed by atoms with Crippen LogP contribution in [0.25, 0.3) is 0 Å². The number of nitrogens with zero attached hydrogens (tertiary/aromatic N) is 2. The molecular weight excluding hydrogens is 242 g/mol. The van der Waals surface area contributed by atoms with Crippen LogP contribution in [0.3, 0.4) is 0 Å². The van der Waals surface area contributed by atoms with Crippen LogP contribution in [0.2, 0.25) is 0 Å². The van der Waals surface area contributed by atoms with E-state index in [1.807, 2.05) is 6.07 Å². The molecule has 0 aliphatic carbocycles. The van der Waals surface area contributed by atoms with Crippen LogP contribution in [-0.2, 0) is 0 Å². The van der Waals surface area contributed by atoms with Crippen LogP contribution in [-0.4, -0.2) is 44.8 Å². The molecular formula is C14H23N3O2. The summed E-state index contributed by atoms with van der Waals surface area (Å²) in [6.45, 7) is 6.57. The van der Waals surface area contributed by atoms with Crippen molar-refractivity contribution < 1.29 is 9.90 Å². The van der Waals surface area contributed by atoms with E-state index in [-0.39, 0.29) is 11.9 Å². The van der Waals surface area contributed by atoms with Gasteiger partial charge in [0.05, 0.1) is 12.1 Å². The second kappa shape index (κ2) is 5.74. The van der Waals surface area contributed by atoms with E-state index in [0.717, 1.165) is 25.0 Å². The van der Waals surface area contributed by atoms with Crippen LogP contribution in [0.4, 0.5) is 0 Å². The van der Waals surface area contributed by atoms with E-state index < -0.39 is 6.10 Å². The molecule has 2 rings (SSSR count). The van der Waals surface area contributed by atoms with Gasteiger partial charge in [-0.2, -0.15) is 5.10 Å². The van der Waals surface area contributed by atoms with Crippen LogP contribution >= 0.6 is 0 Å². The van der Waals surface area contributed by atoms with Gasteiger partial charge >= 0.3 is 0 Å². The Kier molecular flexibility index (Phi) is 4.24. The molecule has 1 amide bonds. The molecule has 0 saturated carbocycles. The second-order valence-corrected chi connectivity index (χ2v) is 5.67. The van der Waals surface area contributed by atoms with Crippen molar-refractivity contribution >= 4 is 5.91 Å². The molecule has 1 aromatic heterocycles. The van der Waals surface area contributed by atoms with Crippen molar-refractivity contribution in [3.05, 3.63) is 17.5 Å². The number of aromatic amines is 1. The van der Waals surface area contributed by atoms with Crippen LogP contribution in [0.15, 0.2) is 6.07 Å². The molecule has 19 heavy (non-hydrogen) atoms. The number of H-pyrrole nitrogens is 1. The molecule has 0 bridgehead atoms. The van der Waals surface area contributed by atoms with E-state index in [2.05, 4.69) is 24.0 Å². The van der Waals surface area contributed by atoms with Gasteiger partial charge < -0.3 is 10.0 Å². The van der Waals surface area contributed by atoms with Crippen molar-refractivity contribution in [2.45, 2.75) is 58.1 Å². The zero-order chi connectivity index (χ0) is 14.0. The van der Waals surface area contributed by atoms with Gasteiger partial charge in [0, 0.05) is 12.2 Å². The average molecular weight is 265 g/mol. The lowest BCUT2D eigenvalue weighted by molar-refractivity contribution is 0.0276. The van der Waals surface area contributed by atoms with E-state index in [9.17, 15) is 9.90 Å². The van der Waals surface area contributed by atoms with Crippen molar-refractivity contribution in [2.75, 3.05) is 6.54 Å². The monoisotopic (exact) mass is 265 g/mol. The van der Waals surface area contributed by atoms with Crippen molar-refractivity contribution in [1.29, 1.82) is 0 Å². The SMILES string of the molecule is CC(C)c1cc(C(=O)N2CCCCC2C(C)O)n[nH]1. The second-order valence-electron chi connectivity index (χ2n) is 5.67. The highest BCUT2D eigenvalue weighted by molar-refractivity contribution is 5.92. The maximum absolute atomic E-state index is 12.5. The Morgan fingerprint density at radius 1 is 1.47 bits per heavy atom. The topological polar surface area (TPSA) is 69.2 Å². The molecule has 1 aromatic rings. The van der Waals surface area contributed by atoms with Gasteiger partial charge in [-0.15, -0.1) is 0 Å². The van der Waals surface area contributed by atoms with E-state index in [1.54, 1.807) is 11.8 Å². The molecule has 0 spiro atoms. The summed E-state index contributed by atoms with van der Waals surface area (Å²) in [5, 5.41) is 16.8. The molecule has 0 radical (unpaired) electrons. The maximum Gasteiger partial charge on any atom is 0.274 e. The molecule has 5 heteroatoms. The first-order valence-corrected chi connectivity index (χ1v) is 7.05. The quantitative estimate of drug-likeness (QED) is 0.877. The Balaban J connectivity index is 2.16. The normalized spacial score (nSPS) is 21.7. The van der Waals surface area contributed by atoms with E-state index in [4.69, 9.17) is 0 Å². The minimum Gasteiger partial charge on any atom is -0.391 e. The van der Waals surface area contributed by atoms with Crippen LogP contribution < -0.4 is 0 Å². The standard InChI is InChI=1S/C14H23N3O2/c1-9(2)11-8-12(16-15-11)14(19)17-7-5-4-6-13(17)10(3)18/h8-10,13,18H,4-7H2,1-3H3,(H,15,16). The summed E-state index contributed by atoms with van der Waals surface area (Å²) in [4.78, 5) is 14.3. The molecule has 2 N–H and O–H groups in total. The third kappa shape index (κ3) is 2.97. The molecule has 1 saturated heterocycles. The number of aliphatic hydroxyl groups excluding tert-OH is 1. The Bertz CT molecular complexity index is 440. The summed E-state index contributed by atoms with van der Waals surface area (Å²) >= 11 is 0. The number of piperidine rings is 1. The van der Waals surface area contributed by atoms with Crippen LogP contribution in [0.1, 0.15) is 62.1 Å². The molecule has 106 valence electrons. The Hall–Kier alpha value is -1.36. The Morgan fingerprint density at radius 3 is 2.79 bits per heavy atom. The van der Waals surface area contributed by atoms with Gasteiger partial charge in [0.25, 0.3) is 5.91 Å². The van der Waals surface area contributed by atoms with Crippen molar-refractivity contribution in [3.63, 3.8) is 0 Å². The van der Waals surface area contributed by atoms with Crippen molar-refractivity contribution in [2.24, 2.45) is 0 Å². The third-order valence-corrected chi connectivity index (χ3v) is 3.81. The van der Waals surface area contributed by atoms with Gasteiger partial charge in [-0.25, -0.2) is 0 Å². The van der Waals surface area contributed by atoms with Gasteiger partial charge in [0.1, 0.15) is 5.69 Å². The number of amides is 1. The van der Waals surface area contributed by atoms with Crippen molar-refractivity contribution in [3.8, 4) is 0 Å². The highest BCUT2D eigenvalue weighted by Crippen LogP contribution is 2.22. The fourth-order valence-corrected chi connectivity index (χ4v) is 2.60. The van der Waals surface area contributed by atoms with Crippen LogP contribution in [0, 0.1) is 0 Å². The molecule has 1 aliphatic heterocycles. The number of aromatic nitrogens is 2. The van der Waals surface area contributed by atoms with Crippen LogP contribution in [0.5, 0.6) is 0 Å². The predicted octanol–water partition coefficient (Wildman–Crippen LogP) is 1.91. The number of carbonyl (C=O) groups is 1. The highest BCUT2D eigenvalue weighted by atomic mass is 16.3. The minimum absolute atomic E-state index is 0.0752. The number of nitrogens with one attached hydrogen (secondary N) is 1. The summed E-state index contributed by atoms with van der Waals surface area (Å²) in [5.74, 6) is 0.247. The number of likely N-dealkylation sites (tertiary alicyclic amines) is 1. The summed E-state index contributed by atoms with van der Waals surface area (Å²) in [5.41, 5.74) is 1.42. The summed E-state index contributed by atoms with van der Waals surface area (Å²) in [6.07, 6.45) is 2.44. The lowest BCUT2D eigenvalue weighted by Crippen LogP contribution is -2.49. The number of aliphatic hydroxyl groups is 1. The number of rotatable bonds is 3. The van der Waals surface area contributed by atoms with Gasteiger partial charge in [0.2, 0.25) is 0 Å². The van der Waals surface area contributed by atoms with Gasteiger partial charge in [-0.05, 0) is 38.2 Å². The minimum atomic E-state index is -0.493. The lowest BCUT2D eigenvalue weighted by atomic mass is 9.97. The molecule has 2 heterocycles. The molecule has 5 nitrogen and oxygen atoms in total. The Morgan fingerprint density at radius 2 is 2.21 bits per heavy atom. The summed E-state index contributed by atoms with van der Waals surface area (Å²) in [7, 11) is 0. The average Bonchev–Trinajstić information content (AvgIpc) is 2.87. The summed E-state index contributed by atoms with van der Waals surface area (Å²) < 4.78 is 0. The highest BCUT2D eigenvalue weighted by Gasteiger charge is 2.31. The largest absolute Gasteiger partial charge is 0.391 e. The van der Waals surface area contributed by atoms with Crippen molar-refractivity contribution in [1.82, 2.24) is 15.1 Å². The number of hydrogen-bond acceptors (Lipinski definition) is 3. The van der Waals surface area contributed by atoms with E-state index in [1.165, 1.54) is 0 Å². The zero-order valence-electron chi connectivity index (χ0n) is 11.9. The third-order valence-electron chi connectivity index (χ3n) is 3.81. The fourth-order valence-electron chi connectivity index (χ4n) is 2.60. The van der Waals surface area contributed by atoms with Gasteiger partial charge in [-0.1, -0.05) is 13.8 Å². The zero-order valence-corrected chi connectivity index (χ0v) is 11.9.